The second-order valence-electron chi connectivity index (χ2n) is 5.03. The van der Waals surface area contributed by atoms with Crippen molar-refractivity contribution in [1.82, 2.24) is 15.0 Å². The average Bonchev–Trinajstić information content (AvgIpc) is 2.96. The van der Waals surface area contributed by atoms with Crippen molar-refractivity contribution in [3.05, 3.63) is 64.4 Å². The smallest absolute Gasteiger partial charge is 0.276 e. The molecule has 0 saturated carbocycles. The topological polar surface area (TPSA) is 85.3 Å². The molecule has 0 saturated heterocycles. The van der Waals surface area contributed by atoms with Crippen LogP contribution in [0.4, 0.5) is 0 Å². The highest BCUT2D eigenvalue weighted by molar-refractivity contribution is 5.87. The van der Waals surface area contributed by atoms with Crippen LogP contribution in [0.1, 0.15) is 5.56 Å². The summed E-state index contributed by atoms with van der Waals surface area (Å²) in [5, 5.41) is 9.89. The molecule has 4 rings (SSSR count). The molecular formula is C17H10N4O. The Morgan fingerprint density at radius 3 is 2.73 bits per heavy atom. The summed E-state index contributed by atoms with van der Waals surface area (Å²) in [7, 11) is 0. The summed E-state index contributed by atoms with van der Waals surface area (Å²) in [6.45, 7) is 0. The predicted molar refractivity (Wildman–Crippen MR) is 84.4 cm³/mol. The highest BCUT2D eigenvalue weighted by Crippen LogP contribution is 2.22. The first-order valence-electron chi connectivity index (χ1n) is 6.77. The maximum Gasteiger partial charge on any atom is 0.276 e. The number of fused-ring (bicyclic) bond motifs is 2. The molecule has 22 heavy (non-hydrogen) atoms. The van der Waals surface area contributed by atoms with Gasteiger partial charge in [-0.25, -0.2) is 4.98 Å². The summed E-state index contributed by atoms with van der Waals surface area (Å²) >= 11 is 0. The number of H-pyrrole nitrogens is 2. The van der Waals surface area contributed by atoms with Crippen LogP contribution in [0.5, 0.6) is 0 Å². The van der Waals surface area contributed by atoms with Crippen LogP contribution in [0.15, 0.2) is 53.3 Å². The first-order chi connectivity index (χ1) is 10.7. The third-order valence-corrected chi connectivity index (χ3v) is 3.61. The Kier molecular flexibility index (Phi) is 2.57. The molecular weight excluding hydrogens is 276 g/mol. The molecule has 0 aliphatic rings. The zero-order chi connectivity index (χ0) is 15.1. The van der Waals surface area contributed by atoms with Gasteiger partial charge in [-0.2, -0.15) is 5.26 Å². The zero-order valence-electron chi connectivity index (χ0n) is 11.4. The number of nitrogens with zero attached hydrogens (tertiary/aromatic N) is 2. The maximum atomic E-state index is 12.2. The molecule has 5 nitrogen and oxygen atoms in total. The first kappa shape index (κ1) is 12.4. The molecule has 0 aliphatic heterocycles. The quantitative estimate of drug-likeness (QED) is 0.564. The van der Waals surface area contributed by atoms with Crippen LogP contribution < -0.4 is 5.56 Å². The number of para-hydroxylation sites is 2. The molecule has 0 amide bonds. The second kappa shape index (κ2) is 4.57. The lowest BCUT2D eigenvalue weighted by atomic mass is 10.2. The lowest BCUT2D eigenvalue weighted by Gasteiger charge is -2.00. The Labute approximate surface area is 124 Å². The minimum absolute atomic E-state index is 0.245. The largest absolute Gasteiger partial charge is 0.353 e. The molecule has 2 aromatic carbocycles. The van der Waals surface area contributed by atoms with Crippen LogP contribution in [0.25, 0.3) is 33.3 Å². The molecule has 4 aromatic rings. The Morgan fingerprint density at radius 1 is 1.00 bits per heavy atom. The minimum Gasteiger partial charge on any atom is -0.353 e. The summed E-state index contributed by atoms with van der Waals surface area (Å²) < 4.78 is 0. The molecule has 104 valence electrons. The van der Waals surface area contributed by atoms with E-state index in [0.717, 1.165) is 16.4 Å². The van der Waals surface area contributed by atoms with E-state index >= 15 is 0 Å². The fourth-order valence-corrected chi connectivity index (χ4v) is 2.54. The van der Waals surface area contributed by atoms with Crippen LogP contribution in [-0.4, -0.2) is 15.0 Å². The van der Waals surface area contributed by atoms with E-state index in [9.17, 15) is 4.79 Å². The van der Waals surface area contributed by atoms with E-state index in [-0.39, 0.29) is 5.56 Å². The Morgan fingerprint density at radius 2 is 1.86 bits per heavy atom. The standard InChI is InChI=1S/C17H10N4O/c18-9-10-5-6-11-8-15(19-14(11)7-10)16-17(22)21-13-4-2-1-3-12(13)20-16/h1-8,19H,(H,21,22). The number of benzene rings is 2. The van der Waals surface area contributed by atoms with Gasteiger partial charge in [-0.3, -0.25) is 4.79 Å². The monoisotopic (exact) mass is 286 g/mol. The van der Waals surface area contributed by atoms with Crippen molar-refractivity contribution in [2.24, 2.45) is 0 Å². The number of aromatic nitrogens is 3. The van der Waals surface area contributed by atoms with E-state index < -0.39 is 0 Å². The highest BCUT2D eigenvalue weighted by Gasteiger charge is 2.10. The number of nitriles is 1. The van der Waals surface area contributed by atoms with Gasteiger partial charge in [-0.15, -0.1) is 0 Å². The van der Waals surface area contributed by atoms with Crippen molar-refractivity contribution < 1.29 is 0 Å². The number of hydrogen-bond donors (Lipinski definition) is 2. The summed E-state index contributed by atoms with van der Waals surface area (Å²) in [4.78, 5) is 22.7. The highest BCUT2D eigenvalue weighted by atomic mass is 16.1. The van der Waals surface area contributed by atoms with Gasteiger partial charge in [0.05, 0.1) is 28.4 Å². The van der Waals surface area contributed by atoms with E-state index in [1.165, 1.54) is 0 Å². The van der Waals surface area contributed by atoms with Gasteiger partial charge in [0.25, 0.3) is 5.56 Å². The fourth-order valence-electron chi connectivity index (χ4n) is 2.54. The van der Waals surface area contributed by atoms with E-state index in [0.29, 0.717) is 22.5 Å². The number of rotatable bonds is 1. The van der Waals surface area contributed by atoms with E-state index in [2.05, 4.69) is 21.0 Å². The molecule has 0 bridgehead atoms. The summed E-state index contributed by atoms with van der Waals surface area (Å²) in [5.74, 6) is 0. The number of nitrogens with one attached hydrogen (secondary N) is 2. The van der Waals surface area contributed by atoms with E-state index in [1.54, 1.807) is 12.1 Å². The van der Waals surface area contributed by atoms with Gasteiger partial charge in [-0.05, 0) is 30.3 Å². The van der Waals surface area contributed by atoms with Crippen molar-refractivity contribution in [1.29, 1.82) is 5.26 Å². The fraction of sp³-hybridized carbons (Fsp3) is 0. The summed E-state index contributed by atoms with van der Waals surface area (Å²) in [6, 6.07) is 16.7. The van der Waals surface area contributed by atoms with Crippen molar-refractivity contribution >= 4 is 21.9 Å². The normalized spacial score (nSPS) is 10.9. The molecule has 0 radical (unpaired) electrons. The Balaban J connectivity index is 1.96. The lowest BCUT2D eigenvalue weighted by Crippen LogP contribution is -2.11. The average molecular weight is 286 g/mol. The third kappa shape index (κ3) is 1.86. The molecule has 2 aromatic heterocycles. The van der Waals surface area contributed by atoms with E-state index in [1.807, 2.05) is 36.4 Å². The van der Waals surface area contributed by atoms with Gasteiger partial charge < -0.3 is 9.97 Å². The molecule has 0 aliphatic carbocycles. The van der Waals surface area contributed by atoms with Crippen LogP contribution in [-0.2, 0) is 0 Å². The molecule has 2 heterocycles. The van der Waals surface area contributed by atoms with Gasteiger partial charge in [0.1, 0.15) is 0 Å². The molecule has 5 heteroatoms. The van der Waals surface area contributed by atoms with E-state index in [4.69, 9.17) is 5.26 Å². The molecule has 0 unspecified atom stereocenters. The summed E-state index contributed by atoms with van der Waals surface area (Å²) in [6.07, 6.45) is 0. The minimum atomic E-state index is -0.245. The van der Waals surface area contributed by atoms with Crippen molar-refractivity contribution in [2.75, 3.05) is 0 Å². The predicted octanol–water partition coefficient (Wildman–Crippen LogP) is 2.94. The van der Waals surface area contributed by atoms with Crippen molar-refractivity contribution in [2.45, 2.75) is 0 Å². The summed E-state index contributed by atoms with van der Waals surface area (Å²) in [5.41, 5.74) is 3.55. The van der Waals surface area contributed by atoms with Gasteiger partial charge in [0, 0.05) is 10.9 Å². The molecule has 0 fully saturated rings. The molecule has 2 N–H and O–H groups in total. The van der Waals surface area contributed by atoms with Crippen LogP contribution in [0, 0.1) is 11.3 Å². The van der Waals surface area contributed by atoms with Crippen LogP contribution in [0.3, 0.4) is 0 Å². The van der Waals surface area contributed by atoms with Gasteiger partial charge >= 0.3 is 0 Å². The molecule has 0 spiro atoms. The van der Waals surface area contributed by atoms with Gasteiger partial charge in [0.15, 0.2) is 5.69 Å². The van der Waals surface area contributed by atoms with Crippen molar-refractivity contribution in [3.63, 3.8) is 0 Å². The zero-order valence-corrected chi connectivity index (χ0v) is 11.4. The lowest BCUT2D eigenvalue weighted by molar-refractivity contribution is 1.20. The Bertz CT molecular complexity index is 1110. The number of hydrogen-bond acceptors (Lipinski definition) is 3. The van der Waals surface area contributed by atoms with Crippen molar-refractivity contribution in [3.8, 4) is 17.5 Å². The number of aromatic amines is 2. The molecule has 0 atom stereocenters. The van der Waals surface area contributed by atoms with Gasteiger partial charge in [-0.1, -0.05) is 18.2 Å². The third-order valence-electron chi connectivity index (χ3n) is 3.61. The first-order valence-corrected chi connectivity index (χ1v) is 6.77. The van der Waals surface area contributed by atoms with Gasteiger partial charge in [0.2, 0.25) is 0 Å². The maximum absolute atomic E-state index is 12.2. The van der Waals surface area contributed by atoms with Crippen LogP contribution in [0.2, 0.25) is 0 Å². The second-order valence-corrected chi connectivity index (χ2v) is 5.03. The Hall–Kier alpha value is -3.39. The van der Waals surface area contributed by atoms with Crippen LogP contribution >= 0.6 is 0 Å². The SMILES string of the molecule is N#Cc1ccc2cc(-c3nc4ccccc4[nH]c3=O)[nH]c2c1.